The Hall–Kier alpha value is -3.51. The number of fused-ring (bicyclic) bond motifs is 1. The third-order valence-electron chi connectivity index (χ3n) is 4.36. The van der Waals surface area contributed by atoms with Crippen molar-refractivity contribution in [1.82, 2.24) is 4.98 Å². The second-order valence-electron chi connectivity index (χ2n) is 6.24. The highest BCUT2D eigenvalue weighted by molar-refractivity contribution is 6.30. The fraction of sp³-hybridized carbons (Fsp3) is 0.0909. The first-order valence-electron chi connectivity index (χ1n) is 8.77. The first kappa shape index (κ1) is 18.8. The van der Waals surface area contributed by atoms with Crippen LogP contribution in [-0.4, -0.2) is 25.1 Å². The minimum atomic E-state index is -0.278. The quantitative estimate of drug-likeness (QED) is 0.477. The van der Waals surface area contributed by atoms with E-state index in [-0.39, 0.29) is 5.91 Å². The van der Waals surface area contributed by atoms with E-state index in [0.29, 0.717) is 44.8 Å². The molecule has 0 spiro atoms. The van der Waals surface area contributed by atoms with Crippen LogP contribution in [0.3, 0.4) is 0 Å². The number of ether oxygens (including phenoxy) is 2. The summed E-state index contributed by atoms with van der Waals surface area (Å²) in [4.78, 5) is 17.1. The van der Waals surface area contributed by atoms with Crippen LogP contribution in [0.25, 0.3) is 22.6 Å². The summed E-state index contributed by atoms with van der Waals surface area (Å²) < 4.78 is 16.3. The van der Waals surface area contributed by atoms with Crippen molar-refractivity contribution < 1.29 is 18.7 Å². The molecule has 1 heterocycles. The average Bonchev–Trinajstić information content (AvgIpc) is 3.16. The van der Waals surface area contributed by atoms with Crippen LogP contribution in [0.1, 0.15) is 10.4 Å². The van der Waals surface area contributed by atoms with E-state index in [2.05, 4.69) is 10.3 Å². The lowest BCUT2D eigenvalue weighted by atomic mass is 10.2. The maximum Gasteiger partial charge on any atom is 0.255 e. The smallest absolute Gasteiger partial charge is 0.255 e. The molecule has 29 heavy (non-hydrogen) atoms. The maximum atomic E-state index is 12.6. The second-order valence-corrected chi connectivity index (χ2v) is 6.67. The minimum absolute atomic E-state index is 0.278. The summed E-state index contributed by atoms with van der Waals surface area (Å²) in [6.45, 7) is 0. The van der Waals surface area contributed by atoms with Crippen LogP contribution in [0, 0.1) is 0 Å². The SMILES string of the molecule is COc1ccc(C(=O)Nc2ccc3nc(-c4cccc(Cl)c4)oc3c2)cc1OC. The zero-order chi connectivity index (χ0) is 20.4. The van der Waals surface area contributed by atoms with Crippen LogP contribution in [0.15, 0.2) is 65.1 Å². The monoisotopic (exact) mass is 408 g/mol. The number of carbonyl (C=O) groups is 1. The summed E-state index contributed by atoms with van der Waals surface area (Å²) in [5.41, 5.74) is 3.06. The van der Waals surface area contributed by atoms with Gasteiger partial charge < -0.3 is 19.2 Å². The average molecular weight is 409 g/mol. The fourth-order valence-corrected chi connectivity index (χ4v) is 3.12. The van der Waals surface area contributed by atoms with Gasteiger partial charge in [-0.15, -0.1) is 0 Å². The molecular formula is C22H17ClN2O4. The number of amides is 1. The number of aromatic nitrogens is 1. The summed E-state index contributed by atoms with van der Waals surface area (Å²) in [5.74, 6) is 1.23. The molecule has 4 aromatic rings. The number of rotatable bonds is 5. The highest BCUT2D eigenvalue weighted by atomic mass is 35.5. The standard InChI is InChI=1S/C22H17ClN2O4/c1-27-18-9-6-13(11-20(18)28-2)21(26)24-16-7-8-17-19(12-16)29-22(25-17)14-4-3-5-15(23)10-14/h3-12H,1-2H3,(H,24,26). The first-order chi connectivity index (χ1) is 14.1. The van der Waals surface area contributed by atoms with Gasteiger partial charge in [0.15, 0.2) is 17.1 Å². The Morgan fingerprint density at radius 2 is 1.83 bits per heavy atom. The lowest BCUT2D eigenvalue weighted by Gasteiger charge is -2.10. The van der Waals surface area contributed by atoms with Gasteiger partial charge in [-0.3, -0.25) is 4.79 Å². The molecule has 0 radical (unpaired) electrons. The maximum absolute atomic E-state index is 12.6. The van der Waals surface area contributed by atoms with Gasteiger partial charge in [-0.2, -0.15) is 0 Å². The number of methoxy groups -OCH3 is 2. The molecule has 0 unspecified atom stereocenters. The summed E-state index contributed by atoms with van der Waals surface area (Å²) in [7, 11) is 3.07. The van der Waals surface area contributed by atoms with Gasteiger partial charge in [-0.05, 0) is 48.5 Å². The Morgan fingerprint density at radius 1 is 1.00 bits per heavy atom. The molecule has 3 aromatic carbocycles. The molecule has 1 amide bonds. The molecule has 1 N–H and O–H groups in total. The van der Waals surface area contributed by atoms with Gasteiger partial charge in [0.05, 0.1) is 14.2 Å². The Kier molecular flexibility index (Phi) is 5.10. The summed E-state index contributed by atoms with van der Waals surface area (Å²) in [6.07, 6.45) is 0. The lowest BCUT2D eigenvalue weighted by Crippen LogP contribution is -2.12. The Bertz CT molecular complexity index is 1200. The predicted molar refractivity (Wildman–Crippen MR) is 112 cm³/mol. The molecule has 7 heteroatoms. The minimum Gasteiger partial charge on any atom is -0.493 e. The molecular weight excluding hydrogens is 392 g/mol. The van der Waals surface area contributed by atoms with E-state index in [4.69, 9.17) is 25.5 Å². The number of anilines is 1. The molecule has 0 aliphatic rings. The third-order valence-corrected chi connectivity index (χ3v) is 4.60. The van der Waals surface area contributed by atoms with Gasteiger partial charge in [0.2, 0.25) is 5.89 Å². The van der Waals surface area contributed by atoms with Crippen LogP contribution in [0.2, 0.25) is 5.02 Å². The molecule has 0 aliphatic carbocycles. The summed E-state index contributed by atoms with van der Waals surface area (Å²) >= 11 is 6.04. The molecule has 0 saturated heterocycles. The lowest BCUT2D eigenvalue weighted by molar-refractivity contribution is 0.102. The molecule has 0 saturated carbocycles. The van der Waals surface area contributed by atoms with E-state index < -0.39 is 0 Å². The van der Waals surface area contributed by atoms with Crippen molar-refractivity contribution in [3.63, 3.8) is 0 Å². The predicted octanol–water partition coefficient (Wildman–Crippen LogP) is 5.42. The van der Waals surface area contributed by atoms with E-state index in [1.807, 2.05) is 12.1 Å². The van der Waals surface area contributed by atoms with Gasteiger partial charge in [0, 0.05) is 27.9 Å². The van der Waals surface area contributed by atoms with Crippen molar-refractivity contribution in [3.8, 4) is 23.0 Å². The Morgan fingerprint density at radius 3 is 2.59 bits per heavy atom. The van der Waals surface area contributed by atoms with Gasteiger partial charge in [-0.1, -0.05) is 17.7 Å². The number of nitrogens with zero attached hydrogens (tertiary/aromatic N) is 1. The normalized spacial score (nSPS) is 10.7. The Labute approximate surface area is 172 Å². The van der Waals surface area contributed by atoms with E-state index in [9.17, 15) is 4.79 Å². The van der Waals surface area contributed by atoms with Crippen molar-refractivity contribution in [2.24, 2.45) is 0 Å². The van der Waals surface area contributed by atoms with Crippen LogP contribution >= 0.6 is 11.6 Å². The first-order valence-corrected chi connectivity index (χ1v) is 9.15. The molecule has 1 aromatic heterocycles. The largest absolute Gasteiger partial charge is 0.493 e. The van der Waals surface area contributed by atoms with Gasteiger partial charge in [0.1, 0.15) is 5.52 Å². The van der Waals surface area contributed by atoms with E-state index in [1.165, 1.54) is 7.11 Å². The number of benzene rings is 3. The van der Waals surface area contributed by atoms with Crippen molar-refractivity contribution in [3.05, 3.63) is 71.2 Å². The highest BCUT2D eigenvalue weighted by Crippen LogP contribution is 2.29. The number of nitrogens with one attached hydrogen (secondary N) is 1. The molecule has 4 rings (SSSR count). The van der Waals surface area contributed by atoms with E-state index in [0.717, 1.165) is 5.56 Å². The van der Waals surface area contributed by atoms with Crippen LogP contribution < -0.4 is 14.8 Å². The van der Waals surface area contributed by atoms with Gasteiger partial charge in [0.25, 0.3) is 5.91 Å². The second kappa shape index (κ2) is 7.85. The van der Waals surface area contributed by atoms with Crippen molar-refractivity contribution in [2.75, 3.05) is 19.5 Å². The number of hydrogen-bond donors (Lipinski definition) is 1. The number of oxazole rings is 1. The Balaban J connectivity index is 1.59. The summed E-state index contributed by atoms with van der Waals surface area (Å²) in [5, 5.41) is 3.46. The van der Waals surface area contributed by atoms with Crippen molar-refractivity contribution in [2.45, 2.75) is 0 Å². The molecule has 146 valence electrons. The van der Waals surface area contributed by atoms with E-state index >= 15 is 0 Å². The van der Waals surface area contributed by atoms with Gasteiger partial charge in [-0.25, -0.2) is 4.98 Å². The highest BCUT2D eigenvalue weighted by Gasteiger charge is 2.13. The summed E-state index contributed by atoms with van der Waals surface area (Å²) in [6, 6.07) is 17.5. The molecule has 0 fully saturated rings. The number of halogens is 1. The number of hydrogen-bond acceptors (Lipinski definition) is 5. The van der Waals surface area contributed by atoms with E-state index in [1.54, 1.807) is 55.6 Å². The van der Waals surface area contributed by atoms with Gasteiger partial charge >= 0.3 is 0 Å². The zero-order valence-electron chi connectivity index (χ0n) is 15.7. The topological polar surface area (TPSA) is 73.6 Å². The van der Waals surface area contributed by atoms with Crippen LogP contribution in [-0.2, 0) is 0 Å². The zero-order valence-corrected chi connectivity index (χ0v) is 16.5. The van der Waals surface area contributed by atoms with Crippen LogP contribution in [0.5, 0.6) is 11.5 Å². The number of carbonyl (C=O) groups excluding carboxylic acids is 1. The molecule has 6 nitrogen and oxygen atoms in total. The fourth-order valence-electron chi connectivity index (χ4n) is 2.93. The van der Waals surface area contributed by atoms with Crippen molar-refractivity contribution >= 4 is 34.3 Å². The molecule has 0 atom stereocenters. The van der Waals surface area contributed by atoms with Crippen LogP contribution in [0.4, 0.5) is 5.69 Å². The van der Waals surface area contributed by atoms with Crippen molar-refractivity contribution in [1.29, 1.82) is 0 Å². The molecule has 0 bridgehead atoms. The molecule has 0 aliphatic heterocycles. The third kappa shape index (κ3) is 3.88.